The van der Waals surface area contributed by atoms with Crippen molar-refractivity contribution in [3.05, 3.63) is 59.1 Å². The number of halogens is 1. The maximum Gasteiger partial charge on any atom is 0.337 e. The minimum absolute atomic E-state index is 0.0908. The number of hydrogen-bond acceptors (Lipinski definition) is 5. The predicted octanol–water partition coefficient (Wildman–Crippen LogP) is 3.17. The highest BCUT2D eigenvalue weighted by molar-refractivity contribution is 7.89. The van der Waals surface area contributed by atoms with Crippen molar-refractivity contribution in [2.75, 3.05) is 25.5 Å². The van der Waals surface area contributed by atoms with E-state index in [4.69, 9.17) is 11.6 Å². The van der Waals surface area contributed by atoms with Crippen LogP contribution in [0.4, 0.5) is 5.69 Å². The molecule has 1 saturated heterocycles. The Kier molecular flexibility index (Phi) is 6.56. The average Bonchev–Trinajstić information content (AvgIpc) is 2.73. The number of anilines is 1. The van der Waals surface area contributed by atoms with E-state index >= 15 is 0 Å². The molecule has 9 heteroatoms. The Labute approximate surface area is 174 Å². The summed E-state index contributed by atoms with van der Waals surface area (Å²) in [5.74, 6) is -1.28. The van der Waals surface area contributed by atoms with Gasteiger partial charge in [-0.05, 0) is 55.3 Å². The lowest BCUT2D eigenvalue weighted by atomic mass is 9.98. The van der Waals surface area contributed by atoms with Gasteiger partial charge in [0, 0.05) is 23.8 Å². The lowest BCUT2D eigenvalue weighted by Crippen LogP contribution is -2.43. The van der Waals surface area contributed by atoms with Crippen LogP contribution < -0.4 is 5.32 Å². The highest BCUT2D eigenvalue weighted by atomic mass is 35.5. The van der Waals surface area contributed by atoms with Gasteiger partial charge in [-0.2, -0.15) is 4.31 Å². The van der Waals surface area contributed by atoms with Crippen molar-refractivity contribution in [3.8, 4) is 0 Å². The minimum atomic E-state index is -3.71. The maximum absolute atomic E-state index is 12.9. The first kappa shape index (κ1) is 21.3. The first-order valence-corrected chi connectivity index (χ1v) is 10.9. The maximum atomic E-state index is 12.9. The molecule has 29 heavy (non-hydrogen) atoms. The molecule has 3 rings (SSSR count). The Morgan fingerprint density at radius 2 is 1.90 bits per heavy atom. The highest BCUT2D eigenvalue weighted by Gasteiger charge is 2.33. The number of carbonyl (C=O) groups excluding carboxylic acids is 2. The van der Waals surface area contributed by atoms with Crippen molar-refractivity contribution in [1.82, 2.24) is 4.31 Å². The lowest BCUT2D eigenvalue weighted by molar-refractivity contribution is -0.120. The lowest BCUT2D eigenvalue weighted by Gasteiger charge is -2.31. The molecule has 0 aromatic heterocycles. The normalized spacial score (nSPS) is 17.5. The molecule has 0 saturated carbocycles. The summed E-state index contributed by atoms with van der Waals surface area (Å²) in [5.41, 5.74) is 0.775. The molecule has 1 atom stereocenters. The number of methoxy groups -OCH3 is 1. The van der Waals surface area contributed by atoms with Crippen LogP contribution in [-0.2, 0) is 19.6 Å². The Hall–Kier alpha value is -2.42. The van der Waals surface area contributed by atoms with Gasteiger partial charge >= 0.3 is 5.97 Å². The molecule has 2 aromatic rings. The second-order valence-electron chi connectivity index (χ2n) is 6.72. The highest BCUT2D eigenvalue weighted by Crippen LogP contribution is 2.25. The molecule has 1 fully saturated rings. The molecule has 7 nitrogen and oxygen atoms in total. The van der Waals surface area contributed by atoms with Crippen LogP contribution in [0, 0.1) is 5.92 Å². The largest absolute Gasteiger partial charge is 0.465 e. The summed E-state index contributed by atoms with van der Waals surface area (Å²) in [6.45, 7) is 0.444. The van der Waals surface area contributed by atoms with E-state index in [1.807, 2.05) is 0 Å². The van der Waals surface area contributed by atoms with Gasteiger partial charge in [0.25, 0.3) is 0 Å². The van der Waals surface area contributed by atoms with E-state index in [2.05, 4.69) is 10.1 Å². The molecule has 0 radical (unpaired) electrons. The topological polar surface area (TPSA) is 92.8 Å². The van der Waals surface area contributed by atoms with Crippen molar-refractivity contribution in [1.29, 1.82) is 0 Å². The molecule has 0 aliphatic carbocycles. The Morgan fingerprint density at radius 3 is 2.59 bits per heavy atom. The Morgan fingerprint density at radius 1 is 1.17 bits per heavy atom. The van der Waals surface area contributed by atoms with Crippen LogP contribution in [0.1, 0.15) is 23.2 Å². The van der Waals surface area contributed by atoms with E-state index < -0.39 is 21.9 Å². The summed E-state index contributed by atoms with van der Waals surface area (Å²) in [6.07, 6.45) is 1.16. The summed E-state index contributed by atoms with van der Waals surface area (Å²) >= 11 is 5.84. The first-order chi connectivity index (χ1) is 13.8. The molecule has 154 valence electrons. The van der Waals surface area contributed by atoms with Gasteiger partial charge in [-0.3, -0.25) is 4.79 Å². The molecule has 0 unspecified atom stereocenters. The molecule has 2 aromatic carbocycles. The van der Waals surface area contributed by atoms with Crippen LogP contribution in [-0.4, -0.2) is 44.8 Å². The van der Waals surface area contributed by atoms with Gasteiger partial charge in [-0.15, -0.1) is 0 Å². The van der Waals surface area contributed by atoms with Crippen LogP contribution >= 0.6 is 11.6 Å². The van der Waals surface area contributed by atoms with Crippen molar-refractivity contribution >= 4 is 39.2 Å². The van der Waals surface area contributed by atoms with Gasteiger partial charge in [0.1, 0.15) is 0 Å². The SMILES string of the molecule is COC(=O)c1cccc(NC(=O)[C@@H]2CCCN(S(=O)(=O)c3ccc(Cl)cc3)C2)c1. The molecular weight excluding hydrogens is 416 g/mol. The number of esters is 1. The predicted molar refractivity (Wildman–Crippen MR) is 109 cm³/mol. The van der Waals surface area contributed by atoms with Crippen molar-refractivity contribution < 1.29 is 22.7 Å². The zero-order valence-electron chi connectivity index (χ0n) is 15.8. The molecule has 1 aliphatic heterocycles. The number of benzene rings is 2. The molecular formula is C20H21ClN2O5S. The second kappa shape index (κ2) is 8.94. The number of piperidine rings is 1. The van der Waals surface area contributed by atoms with Gasteiger partial charge < -0.3 is 10.1 Å². The van der Waals surface area contributed by atoms with Gasteiger partial charge in [0.05, 0.1) is 23.5 Å². The van der Waals surface area contributed by atoms with Crippen LogP contribution in [0.15, 0.2) is 53.4 Å². The zero-order valence-corrected chi connectivity index (χ0v) is 17.4. The standard InChI is InChI=1S/C20H21ClN2O5S/c1-28-20(25)14-4-2-6-17(12-14)22-19(24)15-5-3-11-23(13-15)29(26,27)18-9-7-16(21)8-10-18/h2,4,6-10,12,15H,3,5,11,13H2,1H3,(H,22,24)/t15-/m1/s1. The van der Waals surface area contributed by atoms with Crippen molar-refractivity contribution in [2.45, 2.75) is 17.7 Å². The van der Waals surface area contributed by atoms with Gasteiger partial charge in [-0.1, -0.05) is 17.7 Å². The fourth-order valence-corrected chi connectivity index (χ4v) is 4.87. The molecule has 1 heterocycles. The minimum Gasteiger partial charge on any atom is -0.465 e. The van der Waals surface area contributed by atoms with Crippen molar-refractivity contribution in [2.24, 2.45) is 5.92 Å². The third kappa shape index (κ3) is 4.95. The number of nitrogens with zero attached hydrogens (tertiary/aromatic N) is 1. The average molecular weight is 437 g/mol. The molecule has 0 bridgehead atoms. The van der Waals surface area contributed by atoms with E-state index in [1.165, 1.54) is 41.7 Å². The summed E-state index contributed by atoms with van der Waals surface area (Å²) in [5, 5.41) is 3.22. The van der Waals surface area contributed by atoms with E-state index in [0.29, 0.717) is 35.7 Å². The number of nitrogens with one attached hydrogen (secondary N) is 1. The quantitative estimate of drug-likeness (QED) is 0.726. The number of sulfonamides is 1. The van der Waals surface area contributed by atoms with Crippen LogP contribution in [0.2, 0.25) is 5.02 Å². The van der Waals surface area contributed by atoms with Gasteiger partial charge in [-0.25, -0.2) is 13.2 Å². The molecule has 0 spiro atoms. The Balaban J connectivity index is 1.71. The molecule has 1 N–H and O–H groups in total. The van der Waals surface area contributed by atoms with Gasteiger partial charge in [0.2, 0.25) is 15.9 Å². The molecule has 1 aliphatic rings. The van der Waals surface area contributed by atoms with Gasteiger partial charge in [0.15, 0.2) is 0 Å². The number of rotatable bonds is 5. The number of hydrogen-bond donors (Lipinski definition) is 1. The van der Waals surface area contributed by atoms with Crippen molar-refractivity contribution in [3.63, 3.8) is 0 Å². The van der Waals surface area contributed by atoms with Crippen LogP contribution in [0.3, 0.4) is 0 Å². The smallest absolute Gasteiger partial charge is 0.337 e. The summed E-state index contributed by atoms with van der Waals surface area (Å²) in [4.78, 5) is 24.5. The van der Waals surface area contributed by atoms with Crippen LogP contribution in [0.5, 0.6) is 0 Å². The summed E-state index contributed by atoms with van der Waals surface area (Å²) in [6, 6.07) is 12.4. The first-order valence-electron chi connectivity index (χ1n) is 9.06. The van der Waals surface area contributed by atoms with Crippen LogP contribution in [0.25, 0.3) is 0 Å². The van der Waals surface area contributed by atoms with E-state index in [1.54, 1.807) is 18.2 Å². The third-order valence-corrected chi connectivity index (χ3v) is 6.89. The Bertz CT molecular complexity index is 1010. The van der Waals surface area contributed by atoms with E-state index in [0.717, 1.165) is 0 Å². The second-order valence-corrected chi connectivity index (χ2v) is 9.09. The number of amides is 1. The molecule has 1 amide bonds. The monoisotopic (exact) mass is 436 g/mol. The fraction of sp³-hybridized carbons (Fsp3) is 0.300. The summed E-state index contributed by atoms with van der Waals surface area (Å²) < 4.78 is 31.8. The zero-order chi connectivity index (χ0) is 21.0. The fourth-order valence-electron chi connectivity index (χ4n) is 3.22. The van der Waals surface area contributed by atoms with E-state index in [9.17, 15) is 18.0 Å². The van der Waals surface area contributed by atoms with E-state index in [-0.39, 0.29) is 17.3 Å². The number of ether oxygens (including phenoxy) is 1. The summed E-state index contributed by atoms with van der Waals surface area (Å²) in [7, 11) is -2.42. The number of carbonyl (C=O) groups is 2. The third-order valence-electron chi connectivity index (χ3n) is 4.76.